The maximum absolute atomic E-state index is 12.5. The third-order valence-corrected chi connectivity index (χ3v) is 2.63. The van der Waals surface area contributed by atoms with E-state index in [2.05, 4.69) is 10.1 Å². The normalized spacial score (nSPS) is 21.5. The first-order valence-corrected chi connectivity index (χ1v) is 4.39. The Morgan fingerprint density at radius 2 is 2.23 bits per heavy atom. The molecule has 1 aliphatic rings. The molecule has 0 saturated heterocycles. The zero-order valence-corrected chi connectivity index (χ0v) is 7.87. The summed E-state index contributed by atoms with van der Waals surface area (Å²) >= 11 is 4.86. The maximum atomic E-state index is 12.5. The number of nitrogens with zero attached hydrogens (tertiary/aromatic N) is 2. The number of rotatable bonds is 1. The molecule has 0 spiro atoms. The summed E-state index contributed by atoms with van der Waals surface area (Å²) in [7, 11) is 1.72. The zero-order valence-electron chi connectivity index (χ0n) is 7.05. The van der Waals surface area contributed by atoms with Crippen LogP contribution < -0.4 is 0 Å². The van der Waals surface area contributed by atoms with Gasteiger partial charge in [0.15, 0.2) is 0 Å². The highest BCUT2D eigenvalue weighted by molar-refractivity contribution is 7.71. The minimum absolute atomic E-state index is 0.116. The van der Waals surface area contributed by atoms with Gasteiger partial charge in [-0.3, -0.25) is 9.78 Å². The summed E-state index contributed by atoms with van der Waals surface area (Å²) < 4.78 is 27.0. The molecule has 1 aromatic heterocycles. The third-order valence-electron chi connectivity index (χ3n) is 2.26. The number of hydrogen-bond donors (Lipinski definition) is 1. The van der Waals surface area contributed by atoms with Crippen molar-refractivity contribution in [1.82, 2.24) is 14.8 Å². The molecule has 2 rings (SSSR count). The lowest BCUT2D eigenvalue weighted by Crippen LogP contribution is -2.34. The summed E-state index contributed by atoms with van der Waals surface area (Å²) in [4.78, 5) is 3.99. The van der Waals surface area contributed by atoms with Crippen LogP contribution in [0.15, 0.2) is 0 Å². The van der Waals surface area contributed by atoms with Gasteiger partial charge < -0.3 is 0 Å². The van der Waals surface area contributed by atoms with Gasteiger partial charge in [-0.15, -0.1) is 0 Å². The second-order valence-electron chi connectivity index (χ2n) is 3.41. The van der Waals surface area contributed by atoms with E-state index >= 15 is 0 Å². The molecule has 1 heterocycles. The van der Waals surface area contributed by atoms with Crippen LogP contribution in [0.4, 0.5) is 8.78 Å². The summed E-state index contributed by atoms with van der Waals surface area (Å²) in [5, 5.41) is 2.85. The quantitative estimate of drug-likeness (QED) is 0.711. The fourth-order valence-electron chi connectivity index (χ4n) is 1.46. The Labute approximate surface area is 78.8 Å². The zero-order chi connectivity index (χ0) is 9.64. The van der Waals surface area contributed by atoms with Crippen molar-refractivity contribution in [2.24, 2.45) is 7.05 Å². The number of nitrogens with one attached hydrogen (secondary N) is 1. The van der Waals surface area contributed by atoms with E-state index in [4.69, 9.17) is 12.2 Å². The van der Waals surface area contributed by atoms with Crippen molar-refractivity contribution in [3.63, 3.8) is 0 Å². The van der Waals surface area contributed by atoms with Gasteiger partial charge in [0.05, 0.1) is 0 Å². The van der Waals surface area contributed by atoms with Crippen LogP contribution in [-0.4, -0.2) is 20.7 Å². The number of alkyl halides is 2. The minimum Gasteiger partial charge on any atom is -0.283 e. The fraction of sp³-hybridized carbons (Fsp3) is 0.714. The molecule has 0 amide bonds. The monoisotopic (exact) mass is 205 g/mol. The van der Waals surface area contributed by atoms with E-state index < -0.39 is 5.92 Å². The molecule has 3 nitrogen and oxygen atoms in total. The summed E-state index contributed by atoms with van der Waals surface area (Å²) in [5.74, 6) is -2.08. The Morgan fingerprint density at radius 1 is 1.62 bits per heavy atom. The van der Waals surface area contributed by atoms with E-state index in [1.165, 1.54) is 0 Å². The van der Waals surface area contributed by atoms with Crippen molar-refractivity contribution in [2.45, 2.75) is 24.7 Å². The molecule has 0 bridgehead atoms. The van der Waals surface area contributed by atoms with Gasteiger partial charge in [0.1, 0.15) is 5.82 Å². The highest BCUT2D eigenvalue weighted by atomic mass is 32.1. The van der Waals surface area contributed by atoms with Crippen LogP contribution in [0.1, 0.15) is 24.6 Å². The molecule has 0 unspecified atom stereocenters. The maximum Gasteiger partial charge on any atom is 0.249 e. The standard InChI is InChI=1S/C7H9F2N3S/c1-12-6(13)10-5(11-12)4-2-7(8,9)3-4/h4H,2-3H2,1H3,(H,10,11,13). The van der Waals surface area contributed by atoms with E-state index in [1.54, 1.807) is 11.7 Å². The van der Waals surface area contributed by atoms with Crippen LogP contribution in [-0.2, 0) is 7.05 Å². The van der Waals surface area contributed by atoms with Crippen LogP contribution in [0.5, 0.6) is 0 Å². The van der Waals surface area contributed by atoms with E-state index in [1.807, 2.05) is 0 Å². The Hall–Kier alpha value is -0.780. The number of H-pyrrole nitrogens is 1. The van der Waals surface area contributed by atoms with Crippen molar-refractivity contribution in [3.8, 4) is 0 Å². The van der Waals surface area contributed by atoms with E-state index in [0.29, 0.717) is 10.6 Å². The largest absolute Gasteiger partial charge is 0.283 e. The molecule has 6 heteroatoms. The smallest absolute Gasteiger partial charge is 0.249 e. The summed E-state index contributed by atoms with van der Waals surface area (Å²) in [6.07, 6.45) is -0.232. The molecule has 0 aromatic carbocycles. The first-order chi connectivity index (χ1) is 5.98. The summed E-state index contributed by atoms with van der Waals surface area (Å²) in [6, 6.07) is 0. The second kappa shape index (κ2) is 2.60. The van der Waals surface area contributed by atoms with E-state index in [9.17, 15) is 8.78 Å². The molecule has 0 radical (unpaired) electrons. The number of aryl methyl sites for hydroxylation is 1. The van der Waals surface area contributed by atoms with Crippen molar-refractivity contribution in [1.29, 1.82) is 0 Å². The molecule has 0 aliphatic heterocycles. The first-order valence-electron chi connectivity index (χ1n) is 3.99. The number of hydrogen-bond acceptors (Lipinski definition) is 2. The van der Waals surface area contributed by atoms with Crippen LogP contribution in [0.2, 0.25) is 0 Å². The number of halogens is 2. The van der Waals surface area contributed by atoms with Crippen LogP contribution in [0.3, 0.4) is 0 Å². The minimum atomic E-state index is -2.50. The predicted molar refractivity (Wildman–Crippen MR) is 45.3 cm³/mol. The molecule has 0 atom stereocenters. The van der Waals surface area contributed by atoms with Gasteiger partial charge in [-0.2, -0.15) is 0 Å². The SMILES string of the molecule is Cn1[nH]c(C2CC(F)(F)C2)nc1=S. The molecule has 72 valence electrons. The average Bonchev–Trinajstić information content (AvgIpc) is 2.27. The van der Waals surface area contributed by atoms with Crippen molar-refractivity contribution in [3.05, 3.63) is 10.6 Å². The Morgan fingerprint density at radius 3 is 2.62 bits per heavy atom. The number of aromatic amines is 1. The predicted octanol–water partition coefficient (Wildman–Crippen LogP) is 1.99. The number of aromatic nitrogens is 3. The van der Waals surface area contributed by atoms with Gasteiger partial charge in [0.25, 0.3) is 0 Å². The van der Waals surface area contributed by atoms with Gasteiger partial charge >= 0.3 is 0 Å². The second-order valence-corrected chi connectivity index (χ2v) is 3.78. The van der Waals surface area contributed by atoms with Crippen LogP contribution >= 0.6 is 12.2 Å². The van der Waals surface area contributed by atoms with Gasteiger partial charge in [0, 0.05) is 25.8 Å². The molecule has 1 aromatic rings. The highest BCUT2D eigenvalue weighted by Crippen LogP contribution is 2.47. The van der Waals surface area contributed by atoms with E-state index in [0.717, 1.165) is 0 Å². The lowest BCUT2D eigenvalue weighted by atomic mass is 9.81. The van der Waals surface area contributed by atoms with Crippen molar-refractivity contribution < 1.29 is 8.78 Å². The Balaban J connectivity index is 2.16. The topological polar surface area (TPSA) is 33.6 Å². The van der Waals surface area contributed by atoms with Gasteiger partial charge in [-0.05, 0) is 12.2 Å². The van der Waals surface area contributed by atoms with Crippen LogP contribution in [0, 0.1) is 4.77 Å². The lowest BCUT2D eigenvalue weighted by molar-refractivity contribution is -0.0885. The molecule has 1 fully saturated rings. The van der Waals surface area contributed by atoms with Gasteiger partial charge in [-0.25, -0.2) is 13.8 Å². The molecular formula is C7H9F2N3S. The van der Waals surface area contributed by atoms with Gasteiger partial charge in [-0.1, -0.05) is 0 Å². The van der Waals surface area contributed by atoms with Crippen molar-refractivity contribution in [2.75, 3.05) is 0 Å². The van der Waals surface area contributed by atoms with Crippen molar-refractivity contribution >= 4 is 12.2 Å². The average molecular weight is 205 g/mol. The fourth-order valence-corrected chi connectivity index (χ4v) is 1.60. The van der Waals surface area contributed by atoms with Crippen LogP contribution in [0.25, 0.3) is 0 Å². The molecule has 1 aliphatic carbocycles. The van der Waals surface area contributed by atoms with E-state index in [-0.39, 0.29) is 18.8 Å². The molecular weight excluding hydrogens is 196 g/mol. The highest BCUT2D eigenvalue weighted by Gasteiger charge is 2.47. The Bertz CT molecular complexity index is 373. The van der Waals surface area contributed by atoms with Gasteiger partial charge in [0.2, 0.25) is 10.7 Å². The summed E-state index contributed by atoms with van der Waals surface area (Å²) in [6.45, 7) is 0. The molecule has 1 saturated carbocycles. The lowest BCUT2D eigenvalue weighted by Gasteiger charge is -2.33. The molecule has 1 N–H and O–H groups in total. The molecule has 13 heavy (non-hydrogen) atoms. The summed E-state index contributed by atoms with van der Waals surface area (Å²) in [5.41, 5.74) is 0. The Kier molecular flexibility index (Phi) is 1.76. The third kappa shape index (κ3) is 1.50. The first kappa shape index (κ1) is 8.80.